The largest absolute Gasteiger partial charge is 0.306 e. The molecule has 1 rings (SSSR count). The van der Waals surface area contributed by atoms with Crippen molar-refractivity contribution in [3.05, 3.63) is 0 Å². The molecule has 1 amide bonds. The Morgan fingerprint density at radius 1 is 1.80 bits per heavy atom. The number of nitrogens with one attached hydrogen (secondary N) is 2. The second kappa shape index (κ2) is 2.98. The van der Waals surface area contributed by atoms with Gasteiger partial charge >= 0.3 is 0 Å². The highest BCUT2D eigenvalue weighted by atomic mass is 16.2. The Labute approximate surface area is 60.1 Å². The van der Waals surface area contributed by atoms with Crippen LogP contribution >= 0.6 is 0 Å². The summed E-state index contributed by atoms with van der Waals surface area (Å²) in [6.45, 7) is 2.96. The molecule has 58 valence electrons. The van der Waals surface area contributed by atoms with Gasteiger partial charge in [0.25, 0.3) is 5.91 Å². The zero-order chi connectivity index (χ0) is 7.56. The summed E-state index contributed by atoms with van der Waals surface area (Å²) in [6, 6.07) is -0.0787. The van der Waals surface area contributed by atoms with Crippen molar-refractivity contribution in [2.24, 2.45) is 11.8 Å². The molecule has 0 bridgehead atoms. The molecule has 1 aliphatic rings. The molecule has 1 heterocycles. The zero-order valence-corrected chi connectivity index (χ0v) is 6.05. The second-order valence-corrected chi connectivity index (χ2v) is 2.71. The molecule has 0 saturated carbocycles. The van der Waals surface area contributed by atoms with Gasteiger partial charge in [-0.2, -0.15) is 0 Å². The lowest BCUT2D eigenvalue weighted by Crippen LogP contribution is -2.46. The van der Waals surface area contributed by atoms with E-state index in [0.29, 0.717) is 5.92 Å². The zero-order valence-electron chi connectivity index (χ0n) is 6.05. The second-order valence-electron chi connectivity index (χ2n) is 2.71. The predicted molar refractivity (Wildman–Crippen MR) is 37.9 cm³/mol. The van der Waals surface area contributed by atoms with Crippen LogP contribution in [0.5, 0.6) is 0 Å². The molecular formula is C6H13N3O. The number of hydrogen-bond acceptors (Lipinski definition) is 3. The van der Waals surface area contributed by atoms with Gasteiger partial charge in [-0.3, -0.25) is 10.2 Å². The van der Waals surface area contributed by atoms with Crippen LogP contribution in [0, 0.1) is 5.92 Å². The van der Waals surface area contributed by atoms with Gasteiger partial charge in [0.2, 0.25) is 0 Å². The number of rotatable bonds is 1. The third kappa shape index (κ3) is 1.27. The molecular weight excluding hydrogens is 130 g/mol. The van der Waals surface area contributed by atoms with Gasteiger partial charge in [-0.25, -0.2) is 5.84 Å². The standard InChI is InChI=1S/C6H13N3O/c1-4-2-3-8-5(4)6(10)9-7/h4-5,8H,2-3,7H2,1H3,(H,9,10)/t4-,5-/m1/s1. The Bertz CT molecular complexity index is 137. The average molecular weight is 143 g/mol. The molecule has 0 unspecified atom stereocenters. The summed E-state index contributed by atoms with van der Waals surface area (Å²) in [6.07, 6.45) is 1.05. The van der Waals surface area contributed by atoms with Gasteiger partial charge in [0.1, 0.15) is 0 Å². The number of hydrogen-bond donors (Lipinski definition) is 3. The van der Waals surface area contributed by atoms with Crippen molar-refractivity contribution in [2.75, 3.05) is 6.54 Å². The van der Waals surface area contributed by atoms with E-state index in [1.165, 1.54) is 0 Å². The molecule has 4 heteroatoms. The van der Waals surface area contributed by atoms with Crippen molar-refractivity contribution in [3.63, 3.8) is 0 Å². The highest BCUT2D eigenvalue weighted by Gasteiger charge is 2.28. The van der Waals surface area contributed by atoms with Gasteiger partial charge in [-0.1, -0.05) is 6.92 Å². The number of hydrazine groups is 1. The van der Waals surface area contributed by atoms with Gasteiger partial charge in [-0.05, 0) is 18.9 Å². The van der Waals surface area contributed by atoms with Crippen LogP contribution in [0.2, 0.25) is 0 Å². The Balaban J connectivity index is 2.46. The number of nitrogens with two attached hydrogens (primary N) is 1. The van der Waals surface area contributed by atoms with Gasteiger partial charge in [0.05, 0.1) is 6.04 Å². The highest BCUT2D eigenvalue weighted by molar-refractivity contribution is 5.81. The molecule has 10 heavy (non-hydrogen) atoms. The van der Waals surface area contributed by atoms with E-state index in [1.54, 1.807) is 0 Å². The van der Waals surface area contributed by atoms with Crippen molar-refractivity contribution in [1.29, 1.82) is 0 Å². The molecule has 0 aromatic rings. The first-order valence-electron chi connectivity index (χ1n) is 3.49. The van der Waals surface area contributed by atoms with Crippen molar-refractivity contribution in [3.8, 4) is 0 Å². The number of carbonyl (C=O) groups is 1. The van der Waals surface area contributed by atoms with E-state index in [-0.39, 0.29) is 11.9 Å². The van der Waals surface area contributed by atoms with E-state index < -0.39 is 0 Å². The first-order valence-corrected chi connectivity index (χ1v) is 3.49. The summed E-state index contributed by atoms with van der Waals surface area (Å²) in [5.74, 6) is 5.27. The van der Waals surface area contributed by atoms with E-state index in [9.17, 15) is 4.79 Å². The van der Waals surface area contributed by atoms with Crippen molar-refractivity contribution in [2.45, 2.75) is 19.4 Å². The van der Waals surface area contributed by atoms with Crippen LogP contribution in [0.3, 0.4) is 0 Å². The molecule has 0 aromatic carbocycles. The Kier molecular flexibility index (Phi) is 2.24. The lowest BCUT2D eigenvalue weighted by atomic mass is 10.0. The van der Waals surface area contributed by atoms with Crippen LogP contribution in [-0.2, 0) is 4.79 Å². The molecule has 1 saturated heterocycles. The third-order valence-electron chi connectivity index (χ3n) is 1.96. The molecule has 4 nitrogen and oxygen atoms in total. The van der Waals surface area contributed by atoms with Gasteiger partial charge in [0, 0.05) is 0 Å². The van der Waals surface area contributed by atoms with Crippen molar-refractivity contribution in [1.82, 2.24) is 10.7 Å². The molecule has 0 radical (unpaired) electrons. The van der Waals surface area contributed by atoms with Crippen LogP contribution < -0.4 is 16.6 Å². The topological polar surface area (TPSA) is 67.2 Å². The normalized spacial score (nSPS) is 32.2. The molecule has 4 N–H and O–H groups in total. The smallest absolute Gasteiger partial charge is 0.251 e. The SMILES string of the molecule is C[C@@H]1CCN[C@H]1C(=O)NN. The maximum atomic E-state index is 10.9. The fraction of sp³-hybridized carbons (Fsp3) is 0.833. The first kappa shape index (κ1) is 7.50. The summed E-state index contributed by atoms with van der Waals surface area (Å²) in [7, 11) is 0. The quantitative estimate of drug-likeness (QED) is 0.250. The van der Waals surface area contributed by atoms with E-state index in [0.717, 1.165) is 13.0 Å². The molecule has 2 atom stereocenters. The van der Waals surface area contributed by atoms with Crippen LogP contribution in [-0.4, -0.2) is 18.5 Å². The molecule has 0 aromatic heterocycles. The van der Waals surface area contributed by atoms with Crippen molar-refractivity contribution >= 4 is 5.91 Å². The minimum Gasteiger partial charge on any atom is -0.306 e. The Morgan fingerprint density at radius 3 is 2.90 bits per heavy atom. The fourth-order valence-electron chi connectivity index (χ4n) is 1.28. The van der Waals surface area contributed by atoms with Crippen LogP contribution in [0.4, 0.5) is 0 Å². The molecule has 0 spiro atoms. The monoisotopic (exact) mass is 143 g/mol. The average Bonchev–Trinajstić information content (AvgIpc) is 2.34. The minimum absolute atomic E-state index is 0.0787. The minimum atomic E-state index is -0.106. The third-order valence-corrected chi connectivity index (χ3v) is 1.96. The van der Waals surface area contributed by atoms with Gasteiger partial charge in [-0.15, -0.1) is 0 Å². The summed E-state index contributed by atoms with van der Waals surface area (Å²) >= 11 is 0. The maximum Gasteiger partial charge on any atom is 0.251 e. The van der Waals surface area contributed by atoms with Crippen LogP contribution in [0.25, 0.3) is 0 Å². The van der Waals surface area contributed by atoms with Crippen LogP contribution in [0.1, 0.15) is 13.3 Å². The Hall–Kier alpha value is -0.610. The Morgan fingerprint density at radius 2 is 2.50 bits per heavy atom. The number of amides is 1. The lowest BCUT2D eigenvalue weighted by molar-refractivity contribution is -0.123. The van der Waals surface area contributed by atoms with Crippen molar-refractivity contribution < 1.29 is 4.79 Å². The highest BCUT2D eigenvalue weighted by Crippen LogP contribution is 2.13. The summed E-state index contributed by atoms with van der Waals surface area (Å²) < 4.78 is 0. The van der Waals surface area contributed by atoms with Gasteiger partial charge in [0.15, 0.2) is 0 Å². The molecule has 1 fully saturated rings. The lowest BCUT2D eigenvalue weighted by Gasteiger charge is -2.12. The molecule has 1 aliphatic heterocycles. The summed E-state index contributed by atoms with van der Waals surface area (Å²) in [5.41, 5.74) is 2.14. The van der Waals surface area contributed by atoms with E-state index in [1.807, 2.05) is 6.92 Å². The first-order chi connectivity index (χ1) is 4.75. The van der Waals surface area contributed by atoms with E-state index >= 15 is 0 Å². The summed E-state index contributed by atoms with van der Waals surface area (Å²) in [5, 5.41) is 3.06. The molecule has 0 aliphatic carbocycles. The summed E-state index contributed by atoms with van der Waals surface area (Å²) in [4.78, 5) is 10.9. The van der Waals surface area contributed by atoms with E-state index in [4.69, 9.17) is 5.84 Å². The fourth-order valence-corrected chi connectivity index (χ4v) is 1.28. The van der Waals surface area contributed by atoms with Gasteiger partial charge < -0.3 is 5.32 Å². The number of carbonyl (C=O) groups excluding carboxylic acids is 1. The maximum absolute atomic E-state index is 10.9. The van der Waals surface area contributed by atoms with E-state index in [2.05, 4.69) is 10.7 Å². The predicted octanol–water partition coefficient (Wildman–Crippen LogP) is -1.03. The van der Waals surface area contributed by atoms with Crippen LogP contribution in [0.15, 0.2) is 0 Å².